The quantitative estimate of drug-likeness (QED) is 0.751. The second-order valence-corrected chi connectivity index (χ2v) is 6.84. The second kappa shape index (κ2) is 7.22. The average molecular weight is 375 g/mol. The predicted octanol–water partition coefficient (Wildman–Crippen LogP) is 3.82. The number of hydrogen-bond donors (Lipinski definition) is 0. The zero-order chi connectivity index (χ0) is 17.1. The maximum Gasteiger partial charge on any atom is 0.314 e. The first-order valence-electron chi connectivity index (χ1n) is 6.82. The van der Waals surface area contributed by atoms with E-state index in [1.165, 1.54) is 25.3 Å². The van der Waals surface area contributed by atoms with Crippen molar-refractivity contribution < 1.29 is 23.5 Å². The maximum absolute atomic E-state index is 13.2. The molecule has 0 saturated carbocycles. The highest BCUT2D eigenvalue weighted by Gasteiger charge is 2.36. The highest BCUT2D eigenvalue weighted by atomic mass is 79.9. The molecule has 2 unspecified atom stereocenters. The zero-order valence-electron chi connectivity index (χ0n) is 13.3. The van der Waals surface area contributed by atoms with Crippen molar-refractivity contribution in [3.8, 4) is 0 Å². The number of esters is 2. The van der Waals surface area contributed by atoms with Crippen LogP contribution < -0.4 is 0 Å². The molecule has 6 heteroatoms. The molecule has 122 valence electrons. The van der Waals surface area contributed by atoms with Gasteiger partial charge in [-0.3, -0.25) is 9.59 Å². The van der Waals surface area contributed by atoms with Crippen molar-refractivity contribution in [1.29, 1.82) is 0 Å². The molecule has 0 saturated heterocycles. The Kier molecular flexibility index (Phi) is 6.11. The van der Waals surface area contributed by atoms with Gasteiger partial charge in [-0.25, -0.2) is 4.39 Å². The summed E-state index contributed by atoms with van der Waals surface area (Å²) in [5.41, 5.74) is -0.182. The molecule has 0 radical (unpaired) electrons. The van der Waals surface area contributed by atoms with E-state index in [0.717, 1.165) is 0 Å². The van der Waals surface area contributed by atoms with Gasteiger partial charge >= 0.3 is 11.9 Å². The smallest absolute Gasteiger partial charge is 0.314 e. The van der Waals surface area contributed by atoms with Gasteiger partial charge in [-0.1, -0.05) is 28.9 Å². The Balaban J connectivity index is 3.18. The molecule has 0 fully saturated rings. The van der Waals surface area contributed by atoms with Crippen LogP contribution in [-0.4, -0.2) is 24.6 Å². The van der Waals surface area contributed by atoms with Crippen LogP contribution >= 0.6 is 15.9 Å². The molecule has 1 rings (SSSR count). The molecule has 1 aromatic carbocycles. The van der Waals surface area contributed by atoms with Crippen LogP contribution in [-0.2, 0) is 19.1 Å². The van der Waals surface area contributed by atoms with E-state index in [-0.39, 0.29) is 0 Å². The van der Waals surface area contributed by atoms with E-state index in [9.17, 15) is 14.0 Å². The van der Waals surface area contributed by atoms with E-state index in [1.54, 1.807) is 27.7 Å². The summed E-state index contributed by atoms with van der Waals surface area (Å²) >= 11 is 3.22. The summed E-state index contributed by atoms with van der Waals surface area (Å²) in [6.45, 7) is 6.83. The van der Waals surface area contributed by atoms with E-state index in [0.29, 0.717) is 10.0 Å². The van der Waals surface area contributed by atoms with Gasteiger partial charge in [0.05, 0.1) is 18.9 Å². The van der Waals surface area contributed by atoms with Crippen LogP contribution in [0.2, 0.25) is 0 Å². The standard InChI is InChI=1S/C16H20BrFO4/c1-9(14(19)22-16(2,3)4)13(15(20)21-5)11-7-6-10(18)8-12(11)17/h6-9,13H,1-5H3. The lowest BCUT2D eigenvalue weighted by atomic mass is 9.87. The molecule has 1 aromatic rings. The molecule has 0 bridgehead atoms. The van der Waals surface area contributed by atoms with Gasteiger partial charge in [-0.05, 0) is 38.5 Å². The fourth-order valence-electron chi connectivity index (χ4n) is 2.01. The van der Waals surface area contributed by atoms with Gasteiger partial charge in [0.15, 0.2) is 0 Å². The molecule has 0 aliphatic heterocycles. The number of methoxy groups -OCH3 is 1. The van der Waals surface area contributed by atoms with Crippen LogP contribution in [0.3, 0.4) is 0 Å². The second-order valence-electron chi connectivity index (χ2n) is 5.99. The highest BCUT2D eigenvalue weighted by Crippen LogP contribution is 2.33. The molecule has 0 amide bonds. The van der Waals surface area contributed by atoms with Crippen molar-refractivity contribution in [3.05, 3.63) is 34.1 Å². The Morgan fingerprint density at radius 2 is 1.82 bits per heavy atom. The zero-order valence-corrected chi connectivity index (χ0v) is 14.9. The molecule has 0 aliphatic rings. The van der Waals surface area contributed by atoms with E-state index in [2.05, 4.69) is 15.9 Å². The van der Waals surface area contributed by atoms with E-state index in [1.807, 2.05) is 0 Å². The van der Waals surface area contributed by atoms with Gasteiger partial charge in [0, 0.05) is 4.47 Å². The van der Waals surface area contributed by atoms with Crippen molar-refractivity contribution in [2.24, 2.45) is 5.92 Å². The molecule has 2 atom stereocenters. The number of benzene rings is 1. The third-order valence-electron chi connectivity index (χ3n) is 3.03. The minimum atomic E-state index is -0.880. The number of carbonyl (C=O) groups excluding carboxylic acids is 2. The fraction of sp³-hybridized carbons (Fsp3) is 0.500. The summed E-state index contributed by atoms with van der Waals surface area (Å²) < 4.78 is 23.8. The first-order valence-corrected chi connectivity index (χ1v) is 7.61. The van der Waals surface area contributed by atoms with Gasteiger partial charge in [0.1, 0.15) is 11.4 Å². The first kappa shape index (κ1) is 18.6. The Morgan fingerprint density at radius 1 is 1.23 bits per heavy atom. The topological polar surface area (TPSA) is 52.6 Å². The third kappa shape index (κ3) is 4.80. The molecular formula is C16H20BrFO4. The Morgan fingerprint density at radius 3 is 2.27 bits per heavy atom. The van der Waals surface area contributed by atoms with Gasteiger partial charge in [0.2, 0.25) is 0 Å². The summed E-state index contributed by atoms with van der Waals surface area (Å²) in [7, 11) is 1.24. The van der Waals surface area contributed by atoms with E-state index >= 15 is 0 Å². The molecule has 0 heterocycles. The molecule has 0 aliphatic carbocycles. The Bertz CT molecular complexity index is 566. The van der Waals surface area contributed by atoms with Crippen LogP contribution in [0.4, 0.5) is 4.39 Å². The summed E-state index contributed by atoms with van der Waals surface area (Å²) in [5, 5.41) is 0. The lowest BCUT2D eigenvalue weighted by molar-refractivity contribution is -0.164. The summed E-state index contributed by atoms with van der Waals surface area (Å²) in [6, 6.07) is 3.94. The largest absolute Gasteiger partial charge is 0.469 e. The summed E-state index contributed by atoms with van der Waals surface area (Å²) in [5.74, 6) is -3.18. The van der Waals surface area contributed by atoms with Crippen molar-refractivity contribution in [3.63, 3.8) is 0 Å². The SMILES string of the molecule is COC(=O)C(c1ccc(F)cc1Br)C(C)C(=O)OC(C)(C)C. The van der Waals surface area contributed by atoms with Crippen LogP contribution in [0.15, 0.2) is 22.7 Å². The van der Waals surface area contributed by atoms with Crippen LogP contribution in [0.5, 0.6) is 0 Å². The number of ether oxygens (including phenoxy) is 2. The summed E-state index contributed by atoms with van der Waals surface area (Å²) in [6.07, 6.45) is 0. The third-order valence-corrected chi connectivity index (χ3v) is 3.72. The Labute approximate surface area is 138 Å². The van der Waals surface area contributed by atoms with Crippen molar-refractivity contribution in [2.75, 3.05) is 7.11 Å². The maximum atomic E-state index is 13.2. The normalized spacial score (nSPS) is 14.1. The van der Waals surface area contributed by atoms with Crippen LogP contribution in [0, 0.1) is 11.7 Å². The van der Waals surface area contributed by atoms with Crippen LogP contribution in [0.25, 0.3) is 0 Å². The minimum absolute atomic E-state index is 0.401. The monoisotopic (exact) mass is 374 g/mol. The lowest BCUT2D eigenvalue weighted by Crippen LogP contribution is -2.33. The number of halogens is 2. The van der Waals surface area contributed by atoms with E-state index in [4.69, 9.17) is 9.47 Å². The van der Waals surface area contributed by atoms with E-state index < -0.39 is 35.2 Å². The summed E-state index contributed by atoms with van der Waals surface area (Å²) in [4.78, 5) is 24.4. The fourth-order valence-corrected chi connectivity index (χ4v) is 2.61. The van der Waals surface area contributed by atoms with Gasteiger partial charge < -0.3 is 9.47 Å². The Hall–Kier alpha value is -1.43. The molecular weight excluding hydrogens is 355 g/mol. The minimum Gasteiger partial charge on any atom is -0.469 e. The number of hydrogen-bond acceptors (Lipinski definition) is 4. The highest BCUT2D eigenvalue weighted by molar-refractivity contribution is 9.10. The molecule has 0 aromatic heterocycles. The van der Waals surface area contributed by atoms with Gasteiger partial charge in [-0.2, -0.15) is 0 Å². The molecule has 22 heavy (non-hydrogen) atoms. The van der Waals surface area contributed by atoms with Gasteiger partial charge in [0.25, 0.3) is 0 Å². The van der Waals surface area contributed by atoms with Gasteiger partial charge in [-0.15, -0.1) is 0 Å². The average Bonchev–Trinajstić information content (AvgIpc) is 2.38. The van der Waals surface area contributed by atoms with Crippen molar-refractivity contribution in [2.45, 2.75) is 39.2 Å². The predicted molar refractivity (Wildman–Crippen MR) is 83.9 cm³/mol. The molecule has 4 nitrogen and oxygen atoms in total. The number of rotatable bonds is 4. The number of carbonyl (C=O) groups is 2. The van der Waals surface area contributed by atoms with Crippen molar-refractivity contribution >= 4 is 27.9 Å². The first-order chi connectivity index (χ1) is 10.1. The molecule has 0 N–H and O–H groups in total. The van der Waals surface area contributed by atoms with Crippen molar-refractivity contribution in [1.82, 2.24) is 0 Å². The van der Waals surface area contributed by atoms with Crippen LogP contribution in [0.1, 0.15) is 39.2 Å². The lowest BCUT2D eigenvalue weighted by Gasteiger charge is -2.26. The molecule has 0 spiro atoms.